The molecular formula is C32H40ClN3O8S. The van der Waals surface area contributed by atoms with Crippen LogP contribution in [0.2, 0.25) is 5.02 Å². The van der Waals surface area contributed by atoms with Crippen molar-refractivity contribution in [2.45, 2.75) is 50.7 Å². The van der Waals surface area contributed by atoms with Crippen molar-refractivity contribution >= 4 is 39.1 Å². The Morgan fingerprint density at radius 1 is 0.867 bits per heavy atom. The molecular weight excluding hydrogens is 622 g/mol. The number of halogens is 1. The van der Waals surface area contributed by atoms with Crippen molar-refractivity contribution in [3.63, 3.8) is 0 Å². The highest BCUT2D eigenvalue weighted by atomic mass is 35.5. The van der Waals surface area contributed by atoms with Crippen molar-refractivity contribution < 1.29 is 37.0 Å². The number of amides is 2. The van der Waals surface area contributed by atoms with E-state index in [9.17, 15) is 18.0 Å². The van der Waals surface area contributed by atoms with E-state index in [2.05, 4.69) is 5.32 Å². The maximum Gasteiger partial charge on any atom is 0.265 e. The van der Waals surface area contributed by atoms with Gasteiger partial charge in [-0.3, -0.25) is 13.9 Å². The number of carbonyl (C=O) groups excluding carboxylic acids is 2. The third-order valence-electron chi connectivity index (χ3n) is 6.84. The molecule has 0 heterocycles. The second kappa shape index (κ2) is 14.7. The minimum absolute atomic E-state index is 0.0458. The van der Waals surface area contributed by atoms with Gasteiger partial charge in [0.2, 0.25) is 11.8 Å². The standard InChI is InChI=1S/C32H40ClN3O8S/c1-21(31(38)34-32(2,3)4)35(19-22-11-9-10-12-25(22)33)30(37)20-36(26-17-23(41-5)13-15-27(26)42-6)45(39,40)24-14-16-28(43-7)29(18-24)44-8/h9-18,21H,19-20H2,1-8H3,(H,34,38)/t21-/m1/s1. The van der Waals surface area contributed by atoms with Gasteiger partial charge in [0, 0.05) is 29.2 Å². The molecule has 0 saturated carbocycles. The Balaban J connectivity index is 2.19. The highest BCUT2D eigenvalue weighted by molar-refractivity contribution is 7.92. The molecule has 1 atom stereocenters. The molecule has 45 heavy (non-hydrogen) atoms. The molecule has 0 saturated heterocycles. The molecule has 0 aromatic heterocycles. The lowest BCUT2D eigenvalue weighted by Gasteiger charge is -2.34. The molecule has 3 rings (SSSR count). The Morgan fingerprint density at radius 3 is 2.07 bits per heavy atom. The van der Waals surface area contributed by atoms with E-state index in [0.717, 1.165) is 4.31 Å². The van der Waals surface area contributed by atoms with Crippen molar-refractivity contribution in [3.8, 4) is 23.0 Å². The predicted molar refractivity (Wildman–Crippen MR) is 173 cm³/mol. The Labute approximate surface area is 270 Å². The van der Waals surface area contributed by atoms with E-state index in [4.69, 9.17) is 30.5 Å². The van der Waals surface area contributed by atoms with Crippen LogP contribution in [0, 0.1) is 0 Å². The number of rotatable bonds is 13. The van der Waals surface area contributed by atoms with Crippen molar-refractivity contribution in [1.29, 1.82) is 0 Å². The maximum absolute atomic E-state index is 14.4. The summed E-state index contributed by atoms with van der Waals surface area (Å²) in [7, 11) is 1.17. The van der Waals surface area contributed by atoms with Gasteiger partial charge in [-0.1, -0.05) is 29.8 Å². The summed E-state index contributed by atoms with van der Waals surface area (Å²) in [6.07, 6.45) is 0. The van der Waals surface area contributed by atoms with Gasteiger partial charge in [0.15, 0.2) is 11.5 Å². The van der Waals surface area contributed by atoms with Gasteiger partial charge < -0.3 is 29.2 Å². The number of sulfonamides is 1. The van der Waals surface area contributed by atoms with Crippen LogP contribution >= 0.6 is 11.6 Å². The first-order chi connectivity index (χ1) is 21.2. The molecule has 3 aromatic rings. The van der Waals surface area contributed by atoms with Crippen LogP contribution in [0.15, 0.2) is 65.6 Å². The largest absolute Gasteiger partial charge is 0.497 e. The van der Waals surface area contributed by atoms with Crippen LogP contribution in [0.1, 0.15) is 33.3 Å². The van der Waals surface area contributed by atoms with Gasteiger partial charge in [0.25, 0.3) is 10.0 Å². The number of nitrogens with one attached hydrogen (secondary N) is 1. The van der Waals surface area contributed by atoms with Gasteiger partial charge in [0.05, 0.1) is 39.0 Å². The lowest BCUT2D eigenvalue weighted by Crippen LogP contribution is -2.54. The first-order valence-corrected chi connectivity index (χ1v) is 15.8. The molecule has 0 radical (unpaired) electrons. The molecule has 0 bridgehead atoms. The number of ether oxygens (including phenoxy) is 4. The first-order valence-electron chi connectivity index (χ1n) is 14.0. The quantitative estimate of drug-likeness (QED) is 0.274. The lowest BCUT2D eigenvalue weighted by molar-refractivity contribution is -0.140. The van der Waals surface area contributed by atoms with Crippen LogP contribution in [0.5, 0.6) is 23.0 Å². The number of anilines is 1. The average Bonchev–Trinajstić information content (AvgIpc) is 3.01. The molecule has 0 fully saturated rings. The van der Waals surface area contributed by atoms with Gasteiger partial charge in [0.1, 0.15) is 24.1 Å². The summed E-state index contributed by atoms with van der Waals surface area (Å²) in [5.74, 6) is -0.0880. The zero-order chi connectivity index (χ0) is 33.5. The van der Waals surface area contributed by atoms with Crippen LogP contribution in [0.25, 0.3) is 0 Å². The molecule has 0 aliphatic heterocycles. The number of methoxy groups -OCH3 is 4. The third kappa shape index (κ3) is 8.52. The molecule has 0 unspecified atom stereocenters. The summed E-state index contributed by atoms with van der Waals surface area (Å²) in [4.78, 5) is 28.8. The van der Waals surface area contributed by atoms with Crippen molar-refractivity contribution in [1.82, 2.24) is 10.2 Å². The Morgan fingerprint density at radius 2 is 1.49 bits per heavy atom. The average molecular weight is 662 g/mol. The summed E-state index contributed by atoms with van der Waals surface area (Å²) in [5, 5.41) is 3.28. The minimum Gasteiger partial charge on any atom is -0.497 e. The molecule has 0 aliphatic rings. The fraction of sp³-hybridized carbons (Fsp3) is 0.375. The Kier molecular flexibility index (Phi) is 11.6. The zero-order valence-electron chi connectivity index (χ0n) is 26.7. The van der Waals surface area contributed by atoms with E-state index < -0.39 is 40.0 Å². The van der Waals surface area contributed by atoms with E-state index in [-0.39, 0.29) is 28.6 Å². The number of hydrogen-bond donors (Lipinski definition) is 1. The van der Waals surface area contributed by atoms with Crippen LogP contribution < -0.4 is 28.6 Å². The second-order valence-electron chi connectivity index (χ2n) is 11.1. The van der Waals surface area contributed by atoms with Gasteiger partial charge in [-0.15, -0.1) is 0 Å². The summed E-state index contributed by atoms with van der Waals surface area (Å²) in [6, 6.07) is 14.6. The maximum atomic E-state index is 14.4. The van der Waals surface area contributed by atoms with Crippen LogP contribution in [0.4, 0.5) is 5.69 Å². The molecule has 1 N–H and O–H groups in total. The van der Waals surface area contributed by atoms with Crippen molar-refractivity contribution in [2.24, 2.45) is 0 Å². The topological polar surface area (TPSA) is 124 Å². The number of benzene rings is 3. The normalized spacial score (nSPS) is 12.1. The van der Waals surface area contributed by atoms with E-state index in [1.165, 1.54) is 63.7 Å². The van der Waals surface area contributed by atoms with Crippen molar-refractivity contribution in [3.05, 3.63) is 71.2 Å². The molecule has 2 amide bonds. The number of carbonyl (C=O) groups is 2. The number of hydrogen-bond acceptors (Lipinski definition) is 8. The lowest BCUT2D eigenvalue weighted by atomic mass is 10.1. The van der Waals surface area contributed by atoms with Gasteiger partial charge in [-0.25, -0.2) is 8.42 Å². The summed E-state index contributed by atoms with van der Waals surface area (Å²) in [6.45, 7) is 6.29. The minimum atomic E-state index is -4.47. The van der Waals surface area contributed by atoms with E-state index in [1.54, 1.807) is 37.3 Å². The molecule has 0 spiro atoms. The van der Waals surface area contributed by atoms with Crippen LogP contribution in [-0.2, 0) is 26.2 Å². The summed E-state index contributed by atoms with van der Waals surface area (Å²) < 4.78 is 51.2. The highest BCUT2D eigenvalue weighted by Gasteiger charge is 2.35. The molecule has 11 nitrogen and oxygen atoms in total. The third-order valence-corrected chi connectivity index (χ3v) is 8.97. The fourth-order valence-corrected chi connectivity index (χ4v) is 6.10. The van der Waals surface area contributed by atoms with Crippen molar-refractivity contribution in [2.75, 3.05) is 39.3 Å². The molecule has 0 aliphatic carbocycles. The van der Waals surface area contributed by atoms with Gasteiger partial charge in [-0.05, 0) is 63.6 Å². The summed E-state index contributed by atoms with van der Waals surface area (Å²) >= 11 is 6.45. The second-order valence-corrected chi connectivity index (χ2v) is 13.4. The SMILES string of the molecule is COc1ccc(OC)c(N(CC(=O)N(Cc2ccccc2Cl)[C@H](C)C(=O)NC(C)(C)C)S(=O)(=O)c2ccc(OC)c(OC)c2)c1. The monoisotopic (exact) mass is 661 g/mol. The van der Waals surface area contributed by atoms with E-state index in [1.807, 2.05) is 20.8 Å². The smallest absolute Gasteiger partial charge is 0.265 e. The molecule has 13 heteroatoms. The predicted octanol–water partition coefficient (Wildman–Crippen LogP) is 4.90. The van der Waals surface area contributed by atoms with Gasteiger partial charge >= 0.3 is 0 Å². The Bertz CT molecular complexity index is 1620. The highest BCUT2D eigenvalue weighted by Crippen LogP contribution is 2.38. The fourth-order valence-electron chi connectivity index (χ4n) is 4.48. The van der Waals surface area contributed by atoms with Crippen LogP contribution in [0.3, 0.4) is 0 Å². The number of nitrogens with zero attached hydrogens (tertiary/aromatic N) is 2. The first kappa shape index (κ1) is 35.3. The zero-order valence-corrected chi connectivity index (χ0v) is 28.3. The molecule has 3 aromatic carbocycles. The molecule has 244 valence electrons. The Hall–Kier alpha value is -4.16. The van der Waals surface area contributed by atoms with Crippen LogP contribution in [-0.4, -0.2) is 71.7 Å². The van der Waals surface area contributed by atoms with Gasteiger partial charge in [-0.2, -0.15) is 0 Å². The summed E-state index contributed by atoms with van der Waals surface area (Å²) in [5.41, 5.74) is 0.0435. The van der Waals surface area contributed by atoms with E-state index >= 15 is 0 Å². The van der Waals surface area contributed by atoms with E-state index in [0.29, 0.717) is 22.1 Å².